The molecule has 6 heteroatoms. The number of nitrogens with zero attached hydrogens (tertiary/aromatic N) is 1. The molecule has 4 nitrogen and oxygen atoms in total. The van der Waals surface area contributed by atoms with E-state index in [0.717, 1.165) is 4.47 Å². The lowest BCUT2D eigenvalue weighted by Crippen LogP contribution is -2.42. The molecule has 0 spiro atoms. The molecule has 1 atom stereocenters. The summed E-state index contributed by atoms with van der Waals surface area (Å²) in [6, 6.07) is 3.38. The molecule has 0 saturated carbocycles. The lowest BCUT2D eigenvalue weighted by molar-refractivity contribution is 0.0722. The maximum Gasteiger partial charge on any atom is 0.269 e. The van der Waals surface area contributed by atoms with Crippen molar-refractivity contribution in [2.75, 3.05) is 18.6 Å². The molecule has 17 heavy (non-hydrogen) atoms. The summed E-state index contributed by atoms with van der Waals surface area (Å²) < 4.78 is 0.823. The zero-order valence-corrected chi connectivity index (χ0v) is 12.1. The fourth-order valence-electron chi connectivity index (χ4n) is 1.23. The third-order valence-corrected chi connectivity index (χ3v) is 3.42. The molecule has 2 N–H and O–H groups in total. The first-order valence-corrected chi connectivity index (χ1v) is 7.24. The van der Waals surface area contributed by atoms with Crippen LogP contribution in [0.25, 0.3) is 0 Å². The predicted octanol–water partition coefficient (Wildman–Crippen LogP) is 1.69. The van der Waals surface area contributed by atoms with Gasteiger partial charge in [0.1, 0.15) is 5.69 Å². The lowest BCUT2D eigenvalue weighted by atomic mass is 10.1. The molecule has 0 radical (unpaired) electrons. The van der Waals surface area contributed by atoms with Crippen LogP contribution in [-0.2, 0) is 0 Å². The summed E-state index contributed by atoms with van der Waals surface area (Å²) in [7, 11) is 0. The van der Waals surface area contributed by atoms with Crippen LogP contribution in [0.3, 0.4) is 0 Å². The minimum atomic E-state index is -0.898. The minimum Gasteiger partial charge on any atom is -0.387 e. The molecule has 1 aromatic rings. The van der Waals surface area contributed by atoms with Crippen molar-refractivity contribution in [2.24, 2.45) is 0 Å². The van der Waals surface area contributed by atoms with Gasteiger partial charge >= 0.3 is 0 Å². The van der Waals surface area contributed by atoms with Crippen LogP contribution >= 0.6 is 27.7 Å². The molecular weight excluding hydrogens is 304 g/mol. The van der Waals surface area contributed by atoms with E-state index in [0.29, 0.717) is 11.4 Å². The Bertz CT molecular complexity index is 382. The Labute approximate surface area is 113 Å². The van der Waals surface area contributed by atoms with E-state index in [9.17, 15) is 9.90 Å². The van der Waals surface area contributed by atoms with E-state index < -0.39 is 5.60 Å². The molecule has 0 aliphatic rings. The molecular formula is C11H15BrN2O2S. The highest BCUT2D eigenvalue weighted by Crippen LogP contribution is 2.10. The highest BCUT2D eigenvalue weighted by molar-refractivity contribution is 9.10. The third-order valence-electron chi connectivity index (χ3n) is 2.05. The van der Waals surface area contributed by atoms with Gasteiger partial charge in [-0.25, -0.2) is 4.98 Å². The van der Waals surface area contributed by atoms with E-state index in [4.69, 9.17) is 0 Å². The molecule has 94 valence electrons. The first kappa shape index (κ1) is 14.5. The summed E-state index contributed by atoms with van der Waals surface area (Å²) in [6.45, 7) is 1.91. The number of rotatable bonds is 5. The summed E-state index contributed by atoms with van der Waals surface area (Å²) in [5.74, 6) is 0.292. The first-order valence-electron chi connectivity index (χ1n) is 5.06. The van der Waals surface area contributed by atoms with Crippen LogP contribution in [0.5, 0.6) is 0 Å². The number of aliphatic hydroxyl groups is 1. The van der Waals surface area contributed by atoms with Crippen LogP contribution in [0.1, 0.15) is 17.4 Å². The van der Waals surface area contributed by atoms with Crippen LogP contribution < -0.4 is 5.32 Å². The molecule has 1 aromatic heterocycles. The van der Waals surface area contributed by atoms with Crippen molar-refractivity contribution in [3.05, 3.63) is 28.5 Å². The van der Waals surface area contributed by atoms with Crippen molar-refractivity contribution in [3.63, 3.8) is 0 Å². The second kappa shape index (κ2) is 6.37. The van der Waals surface area contributed by atoms with Gasteiger partial charge in [0.25, 0.3) is 5.91 Å². The van der Waals surface area contributed by atoms with Gasteiger partial charge in [0, 0.05) is 23.0 Å². The summed E-state index contributed by atoms with van der Waals surface area (Å²) in [4.78, 5) is 15.7. The molecule has 0 aliphatic heterocycles. The molecule has 0 bridgehead atoms. The van der Waals surface area contributed by atoms with Crippen LogP contribution in [0.4, 0.5) is 0 Å². The summed E-state index contributed by atoms with van der Waals surface area (Å²) in [5, 5.41) is 12.6. The van der Waals surface area contributed by atoms with Gasteiger partial charge in [0.15, 0.2) is 0 Å². The Hall–Kier alpha value is -0.590. The van der Waals surface area contributed by atoms with Crippen LogP contribution in [-0.4, -0.2) is 40.2 Å². The first-order chi connectivity index (χ1) is 7.94. The lowest BCUT2D eigenvalue weighted by Gasteiger charge is -2.22. The quantitative estimate of drug-likeness (QED) is 0.867. The zero-order valence-electron chi connectivity index (χ0n) is 9.74. The normalized spacial score (nSPS) is 14.1. The molecule has 1 unspecified atom stereocenters. The van der Waals surface area contributed by atoms with E-state index in [-0.39, 0.29) is 12.5 Å². The van der Waals surface area contributed by atoms with E-state index >= 15 is 0 Å². The van der Waals surface area contributed by atoms with Crippen molar-refractivity contribution in [2.45, 2.75) is 12.5 Å². The maximum atomic E-state index is 11.7. The number of carbonyl (C=O) groups excluding carboxylic acids is 1. The number of thioether (sulfide) groups is 1. The standard InChI is InChI=1S/C11H15BrN2O2S/c1-11(16,7-17-2)6-14-10(15)9-4-3-8(12)5-13-9/h3-5,16H,6-7H2,1-2H3,(H,14,15). The van der Waals surface area contributed by atoms with Crippen LogP contribution in [0.15, 0.2) is 22.8 Å². The zero-order chi connectivity index (χ0) is 12.9. The largest absolute Gasteiger partial charge is 0.387 e. The molecule has 1 rings (SSSR count). The van der Waals surface area contributed by atoms with E-state index in [1.54, 1.807) is 25.3 Å². The van der Waals surface area contributed by atoms with Crippen molar-refractivity contribution in [1.82, 2.24) is 10.3 Å². The van der Waals surface area contributed by atoms with Gasteiger partial charge in [-0.05, 0) is 41.2 Å². The molecule has 0 fully saturated rings. The van der Waals surface area contributed by atoms with E-state index in [2.05, 4.69) is 26.2 Å². The number of nitrogens with one attached hydrogen (secondary N) is 1. The van der Waals surface area contributed by atoms with Gasteiger partial charge in [-0.1, -0.05) is 0 Å². The van der Waals surface area contributed by atoms with Crippen molar-refractivity contribution in [1.29, 1.82) is 0 Å². The average Bonchev–Trinajstić information content (AvgIpc) is 2.27. The number of amides is 1. The Balaban J connectivity index is 2.53. The number of pyridine rings is 1. The van der Waals surface area contributed by atoms with Gasteiger partial charge in [0.05, 0.1) is 5.60 Å². The van der Waals surface area contributed by atoms with Crippen molar-refractivity contribution >= 4 is 33.6 Å². The van der Waals surface area contributed by atoms with Crippen molar-refractivity contribution < 1.29 is 9.90 Å². The average molecular weight is 319 g/mol. The molecule has 0 aromatic carbocycles. The second-order valence-corrected chi connectivity index (χ2v) is 5.76. The molecule has 0 aliphatic carbocycles. The maximum absolute atomic E-state index is 11.7. The summed E-state index contributed by atoms with van der Waals surface area (Å²) in [6.07, 6.45) is 3.47. The highest BCUT2D eigenvalue weighted by atomic mass is 79.9. The van der Waals surface area contributed by atoms with Crippen LogP contribution in [0.2, 0.25) is 0 Å². The summed E-state index contributed by atoms with van der Waals surface area (Å²) >= 11 is 4.78. The van der Waals surface area contributed by atoms with Gasteiger partial charge in [-0.2, -0.15) is 11.8 Å². The molecule has 1 amide bonds. The van der Waals surface area contributed by atoms with E-state index in [1.807, 2.05) is 6.26 Å². The fourth-order valence-corrected chi connectivity index (χ4v) is 2.19. The molecule has 1 heterocycles. The monoisotopic (exact) mass is 318 g/mol. The SMILES string of the molecule is CSCC(C)(O)CNC(=O)c1ccc(Br)cn1. The van der Waals surface area contributed by atoms with E-state index in [1.165, 1.54) is 11.8 Å². The number of hydrogen-bond acceptors (Lipinski definition) is 4. The summed E-state index contributed by atoms with van der Waals surface area (Å²) in [5.41, 5.74) is -0.557. The third kappa shape index (κ3) is 5.06. The van der Waals surface area contributed by atoms with Crippen molar-refractivity contribution in [3.8, 4) is 0 Å². The number of carbonyl (C=O) groups is 1. The van der Waals surface area contributed by atoms with Gasteiger partial charge < -0.3 is 10.4 Å². The second-order valence-electron chi connectivity index (χ2n) is 3.97. The van der Waals surface area contributed by atoms with Gasteiger partial charge in [-0.3, -0.25) is 4.79 Å². The van der Waals surface area contributed by atoms with Gasteiger partial charge in [0.2, 0.25) is 0 Å². The van der Waals surface area contributed by atoms with Gasteiger partial charge in [-0.15, -0.1) is 0 Å². The Kier molecular flexibility index (Phi) is 5.42. The topological polar surface area (TPSA) is 62.2 Å². The number of halogens is 1. The minimum absolute atomic E-state index is 0.213. The molecule has 0 saturated heterocycles. The number of aromatic nitrogens is 1. The predicted molar refractivity (Wildman–Crippen MR) is 73.3 cm³/mol. The number of hydrogen-bond donors (Lipinski definition) is 2. The highest BCUT2D eigenvalue weighted by Gasteiger charge is 2.20. The van der Waals surface area contributed by atoms with Crippen LogP contribution in [0, 0.1) is 0 Å². The smallest absolute Gasteiger partial charge is 0.269 e. The Morgan fingerprint density at radius 1 is 1.65 bits per heavy atom. The Morgan fingerprint density at radius 2 is 2.35 bits per heavy atom. The fraction of sp³-hybridized carbons (Fsp3) is 0.455. The Morgan fingerprint density at radius 3 is 2.88 bits per heavy atom.